The molecular weight excluding hydrogens is 613 g/mol. The van der Waals surface area contributed by atoms with E-state index in [2.05, 4.69) is 155 Å². The summed E-state index contributed by atoms with van der Waals surface area (Å²) < 4.78 is 14.9. The van der Waals surface area contributed by atoms with Gasteiger partial charge in [0.05, 0.1) is 16.7 Å². The molecule has 11 rings (SSSR count). The van der Waals surface area contributed by atoms with Crippen molar-refractivity contribution < 1.29 is 8.83 Å². The molecule has 11 aromatic rings. The molecule has 0 amide bonds. The highest BCUT2D eigenvalue weighted by Crippen LogP contribution is 2.45. The molecule has 0 aliphatic carbocycles. The van der Waals surface area contributed by atoms with Crippen LogP contribution in [-0.2, 0) is 0 Å². The Balaban J connectivity index is 1.23. The number of fused-ring (bicyclic) bond motifs is 10. The van der Waals surface area contributed by atoms with Crippen LogP contribution in [0.25, 0.3) is 82.1 Å². The summed E-state index contributed by atoms with van der Waals surface area (Å²) in [5.74, 6) is 0. The molecule has 0 saturated heterocycles. The van der Waals surface area contributed by atoms with Crippen molar-refractivity contribution in [3.05, 3.63) is 170 Å². The molecule has 0 spiro atoms. The first-order chi connectivity index (χ1) is 24.8. The quantitative estimate of drug-likeness (QED) is 0.192. The molecule has 0 aliphatic rings. The van der Waals surface area contributed by atoms with E-state index in [1.807, 2.05) is 24.3 Å². The molecular formula is C46H28N2O2. The summed E-state index contributed by atoms with van der Waals surface area (Å²) in [7, 11) is 0. The average molecular weight is 641 g/mol. The number of furan rings is 2. The van der Waals surface area contributed by atoms with Crippen molar-refractivity contribution in [1.82, 2.24) is 4.57 Å². The normalized spacial score (nSPS) is 12.0. The van der Waals surface area contributed by atoms with E-state index in [9.17, 15) is 0 Å². The maximum Gasteiger partial charge on any atom is 0.136 e. The van der Waals surface area contributed by atoms with Gasteiger partial charge in [0, 0.05) is 49.4 Å². The third-order valence-electron chi connectivity index (χ3n) is 10.1. The summed E-state index contributed by atoms with van der Waals surface area (Å²) in [6.45, 7) is 0. The van der Waals surface area contributed by atoms with E-state index in [1.165, 1.54) is 16.3 Å². The van der Waals surface area contributed by atoms with Crippen molar-refractivity contribution in [1.29, 1.82) is 0 Å². The van der Waals surface area contributed by atoms with Crippen LogP contribution in [0.1, 0.15) is 0 Å². The Morgan fingerprint density at radius 1 is 0.380 bits per heavy atom. The monoisotopic (exact) mass is 640 g/mol. The molecule has 0 fully saturated rings. The van der Waals surface area contributed by atoms with E-state index in [0.29, 0.717) is 0 Å². The van der Waals surface area contributed by atoms with Gasteiger partial charge in [0.25, 0.3) is 0 Å². The maximum atomic E-state index is 6.28. The Labute approximate surface area is 286 Å². The zero-order valence-corrected chi connectivity index (χ0v) is 26.9. The lowest BCUT2D eigenvalue weighted by Crippen LogP contribution is -2.11. The summed E-state index contributed by atoms with van der Waals surface area (Å²) >= 11 is 0. The molecule has 0 unspecified atom stereocenters. The molecule has 3 heterocycles. The number of benzene rings is 8. The Morgan fingerprint density at radius 2 is 1.00 bits per heavy atom. The standard InChI is InChI=1S/C46H28N2O2/c1-2-11-31(12-3-1)48-40-17-7-4-13-34(40)37-16-10-18-41(46(37)48)47(33-23-24-44-39(28-33)36-15-6-8-19-42(36)49-44)32-22-21-29-27-45-38(26-30(29)25-32)35-14-5-9-20-43(35)50-45/h1-28H. The first-order valence-corrected chi connectivity index (χ1v) is 16.9. The summed E-state index contributed by atoms with van der Waals surface area (Å²) in [5.41, 5.74) is 10.2. The van der Waals surface area contributed by atoms with Crippen LogP contribution in [0, 0.1) is 0 Å². The number of nitrogens with zero attached hydrogens (tertiary/aromatic N) is 2. The second-order valence-electron chi connectivity index (χ2n) is 13.0. The largest absolute Gasteiger partial charge is 0.456 e. The van der Waals surface area contributed by atoms with E-state index in [0.717, 1.165) is 82.9 Å². The predicted molar refractivity (Wildman–Crippen MR) is 208 cm³/mol. The molecule has 4 heteroatoms. The third kappa shape index (κ3) is 3.93. The molecule has 3 aromatic heterocycles. The minimum Gasteiger partial charge on any atom is -0.456 e. The van der Waals surface area contributed by atoms with E-state index in [4.69, 9.17) is 8.83 Å². The number of rotatable bonds is 4. The van der Waals surface area contributed by atoms with Crippen LogP contribution in [0.3, 0.4) is 0 Å². The molecule has 8 aromatic carbocycles. The van der Waals surface area contributed by atoms with Gasteiger partial charge in [-0.1, -0.05) is 91.0 Å². The Kier molecular flexibility index (Phi) is 5.63. The van der Waals surface area contributed by atoms with Crippen molar-refractivity contribution in [2.45, 2.75) is 0 Å². The zero-order chi connectivity index (χ0) is 32.8. The third-order valence-corrected chi connectivity index (χ3v) is 10.1. The van der Waals surface area contributed by atoms with E-state index in [1.54, 1.807) is 0 Å². The number of hydrogen-bond acceptors (Lipinski definition) is 3. The van der Waals surface area contributed by atoms with Gasteiger partial charge in [-0.25, -0.2) is 0 Å². The van der Waals surface area contributed by atoms with Gasteiger partial charge < -0.3 is 18.3 Å². The SMILES string of the molecule is c1ccc(-n2c3ccccc3c3cccc(N(c4ccc5cc6oc7ccccc7c6cc5c4)c4ccc5oc6ccccc6c5c4)c32)cc1. The maximum absolute atomic E-state index is 6.28. The van der Waals surface area contributed by atoms with Gasteiger partial charge in [0.1, 0.15) is 22.3 Å². The first-order valence-electron chi connectivity index (χ1n) is 16.9. The minimum atomic E-state index is 0.874. The molecule has 234 valence electrons. The van der Waals surface area contributed by atoms with Crippen LogP contribution in [0.15, 0.2) is 179 Å². The van der Waals surface area contributed by atoms with Crippen LogP contribution in [0.2, 0.25) is 0 Å². The lowest BCUT2D eigenvalue weighted by atomic mass is 10.0. The zero-order valence-electron chi connectivity index (χ0n) is 26.9. The molecule has 0 bridgehead atoms. The fraction of sp³-hybridized carbons (Fsp3) is 0. The van der Waals surface area contributed by atoms with Gasteiger partial charge in [-0.05, 0) is 89.6 Å². The summed E-state index contributed by atoms with van der Waals surface area (Å²) in [4.78, 5) is 2.40. The topological polar surface area (TPSA) is 34.5 Å². The fourth-order valence-electron chi connectivity index (χ4n) is 7.90. The van der Waals surface area contributed by atoms with Gasteiger partial charge in [0.15, 0.2) is 0 Å². The second kappa shape index (κ2) is 10.4. The highest BCUT2D eigenvalue weighted by Gasteiger charge is 2.23. The molecule has 50 heavy (non-hydrogen) atoms. The van der Waals surface area contributed by atoms with Crippen molar-refractivity contribution in [3.8, 4) is 5.69 Å². The fourth-order valence-corrected chi connectivity index (χ4v) is 7.90. The van der Waals surface area contributed by atoms with Gasteiger partial charge in [-0.15, -0.1) is 0 Å². The second-order valence-corrected chi connectivity index (χ2v) is 13.0. The van der Waals surface area contributed by atoms with Crippen LogP contribution in [-0.4, -0.2) is 4.57 Å². The molecule has 0 N–H and O–H groups in total. The molecule has 0 atom stereocenters. The Bertz CT molecular complexity index is 3110. The number of hydrogen-bond donors (Lipinski definition) is 0. The number of anilines is 3. The number of para-hydroxylation sites is 5. The van der Waals surface area contributed by atoms with Crippen LogP contribution in [0.4, 0.5) is 17.1 Å². The van der Waals surface area contributed by atoms with Crippen LogP contribution < -0.4 is 4.90 Å². The van der Waals surface area contributed by atoms with Gasteiger partial charge in [0.2, 0.25) is 0 Å². The minimum absolute atomic E-state index is 0.874. The first kappa shape index (κ1) is 27.2. The lowest BCUT2D eigenvalue weighted by Gasteiger charge is -2.27. The Morgan fingerprint density at radius 3 is 1.82 bits per heavy atom. The highest BCUT2D eigenvalue weighted by molar-refractivity contribution is 6.16. The van der Waals surface area contributed by atoms with Gasteiger partial charge in [-0.2, -0.15) is 0 Å². The molecule has 4 nitrogen and oxygen atoms in total. The summed E-state index contributed by atoms with van der Waals surface area (Å²) in [6.07, 6.45) is 0. The summed E-state index contributed by atoms with van der Waals surface area (Å²) in [5, 5.41) is 9.15. The average Bonchev–Trinajstić information content (AvgIpc) is 3.84. The van der Waals surface area contributed by atoms with Crippen LogP contribution >= 0.6 is 0 Å². The molecule has 0 saturated carbocycles. The predicted octanol–water partition coefficient (Wildman–Crippen LogP) is 13.2. The van der Waals surface area contributed by atoms with Crippen molar-refractivity contribution >= 4 is 93.5 Å². The van der Waals surface area contributed by atoms with E-state index in [-0.39, 0.29) is 0 Å². The van der Waals surface area contributed by atoms with Gasteiger partial charge in [-0.3, -0.25) is 0 Å². The van der Waals surface area contributed by atoms with E-state index < -0.39 is 0 Å². The molecule has 0 aliphatic heterocycles. The summed E-state index contributed by atoms with van der Waals surface area (Å²) in [6, 6.07) is 60.3. The van der Waals surface area contributed by atoms with E-state index >= 15 is 0 Å². The van der Waals surface area contributed by atoms with Crippen molar-refractivity contribution in [2.24, 2.45) is 0 Å². The highest BCUT2D eigenvalue weighted by atomic mass is 16.3. The van der Waals surface area contributed by atoms with Crippen molar-refractivity contribution in [2.75, 3.05) is 4.90 Å². The van der Waals surface area contributed by atoms with Crippen molar-refractivity contribution in [3.63, 3.8) is 0 Å². The van der Waals surface area contributed by atoms with Gasteiger partial charge >= 0.3 is 0 Å². The smallest absolute Gasteiger partial charge is 0.136 e. The lowest BCUT2D eigenvalue weighted by molar-refractivity contribution is 0.669. The van der Waals surface area contributed by atoms with Crippen LogP contribution in [0.5, 0.6) is 0 Å². The Hall–Kier alpha value is -6.78. The molecule has 0 radical (unpaired) electrons. The number of aromatic nitrogens is 1.